The summed E-state index contributed by atoms with van der Waals surface area (Å²) in [6.45, 7) is 5.93. The van der Waals surface area contributed by atoms with Crippen LogP contribution in [-0.4, -0.2) is 38.3 Å². The summed E-state index contributed by atoms with van der Waals surface area (Å²) in [7, 11) is -1.89. The minimum absolute atomic E-state index is 0.0842. The number of carbonyl (C=O) groups excluding carboxylic acids is 1. The van der Waals surface area contributed by atoms with Gasteiger partial charge in [-0.3, -0.25) is 4.79 Å². The highest BCUT2D eigenvalue weighted by atomic mass is 32.2. The zero-order chi connectivity index (χ0) is 19.3. The number of rotatable bonds is 8. The van der Waals surface area contributed by atoms with Crippen LogP contribution in [0.2, 0.25) is 0 Å². The molecule has 1 aromatic heterocycles. The van der Waals surface area contributed by atoms with Gasteiger partial charge < -0.3 is 5.32 Å². The first-order valence-corrected chi connectivity index (χ1v) is 10.8. The molecule has 5 nitrogen and oxygen atoms in total. The van der Waals surface area contributed by atoms with Gasteiger partial charge in [-0.15, -0.1) is 11.3 Å². The summed E-state index contributed by atoms with van der Waals surface area (Å²) >= 11 is 1.26. The van der Waals surface area contributed by atoms with E-state index in [-0.39, 0.29) is 11.9 Å². The van der Waals surface area contributed by atoms with Crippen molar-refractivity contribution in [3.63, 3.8) is 0 Å². The molecule has 26 heavy (non-hydrogen) atoms. The van der Waals surface area contributed by atoms with E-state index in [4.69, 9.17) is 0 Å². The van der Waals surface area contributed by atoms with Gasteiger partial charge in [-0.05, 0) is 44.4 Å². The normalized spacial score (nSPS) is 13.0. The third-order valence-corrected chi connectivity index (χ3v) is 7.87. The lowest BCUT2D eigenvalue weighted by atomic mass is 10.1. The molecule has 0 aliphatic carbocycles. The van der Waals surface area contributed by atoms with E-state index < -0.39 is 10.0 Å². The number of likely N-dealkylation sites (N-methyl/N-ethyl adjacent to an activating group) is 1. The number of aryl methyl sites for hydroxylation is 1. The van der Waals surface area contributed by atoms with E-state index in [2.05, 4.69) is 5.32 Å². The predicted octanol–water partition coefficient (Wildman–Crippen LogP) is 2.99. The number of sulfonamides is 1. The number of carbonyl (C=O) groups is 1. The third kappa shape index (κ3) is 5.40. The Morgan fingerprint density at radius 1 is 1.19 bits per heavy atom. The van der Waals surface area contributed by atoms with Crippen molar-refractivity contribution >= 4 is 27.3 Å². The van der Waals surface area contributed by atoms with Gasteiger partial charge in [-0.2, -0.15) is 4.31 Å². The molecule has 0 saturated carbocycles. The molecule has 1 amide bonds. The van der Waals surface area contributed by atoms with Gasteiger partial charge in [-0.1, -0.05) is 29.8 Å². The number of hydrogen-bond donors (Lipinski definition) is 1. The summed E-state index contributed by atoms with van der Waals surface area (Å²) in [4.78, 5) is 11.9. The second-order valence-electron chi connectivity index (χ2n) is 6.51. The average Bonchev–Trinajstić information content (AvgIpc) is 3.05. The smallest absolute Gasteiger partial charge is 0.252 e. The van der Waals surface area contributed by atoms with Gasteiger partial charge in [0, 0.05) is 31.4 Å². The van der Waals surface area contributed by atoms with Crippen LogP contribution in [0.3, 0.4) is 0 Å². The van der Waals surface area contributed by atoms with Gasteiger partial charge in [0.2, 0.25) is 5.91 Å². The number of thiophene rings is 1. The van der Waals surface area contributed by atoms with E-state index in [1.807, 2.05) is 44.2 Å². The Kier molecular flexibility index (Phi) is 6.97. The van der Waals surface area contributed by atoms with E-state index >= 15 is 0 Å². The number of nitrogens with one attached hydrogen (secondary N) is 1. The predicted molar refractivity (Wildman–Crippen MR) is 106 cm³/mol. The number of nitrogens with zero attached hydrogens (tertiary/aromatic N) is 1. The number of benzene rings is 1. The summed E-state index contributed by atoms with van der Waals surface area (Å²) in [5.74, 6) is -0.0842. The molecule has 0 saturated heterocycles. The zero-order valence-electron chi connectivity index (χ0n) is 15.7. The van der Waals surface area contributed by atoms with Crippen LogP contribution in [0, 0.1) is 6.92 Å². The van der Waals surface area contributed by atoms with Crippen LogP contribution in [0.4, 0.5) is 0 Å². The second kappa shape index (κ2) is 8.79. The molecule has 1 atom stereocenters. The van der Waals surface area contributed by atoms with Crippen molar-refractivity contribution < 1.29 is 13.2 Å². The lowest BCUT2D eigenvalue weighted by molar-refractivity contribution is -0.118. The lowest BCUT2D eigenvalue weighted by Crippen LogP contribution is -2.36. The van der Waals surface area contributed by atoms with Crippen LogP contribution in [0.1, 0.15) is 29.9 Å². The van der Waals surface area contributed by atoms with Crippen molar-refractivity contribution in [1.29, 1.82) is 0 Å². The first-order valence-electron chi connectivity index (χ1n) is 8.57. The summed E-state index contributed by atoms with van der Waals surface area (Å²) in [6, 6.07) is 11.5. The summed E-state index contributed by atoms with van der Waals surface area (Å²) in [5, 5.41) is 2.72. The van der Waals surface area contributed by atoms with Crippen molar-refractivity contribution in [2.75, 3.05) is 13.6 Å². The maximum absolute atomic E-state index is 12.9. The van der Waals surface area contributed by atoms with Crippen molar-refractivity contribution in [2.45, 2.75) is 43.9 Å². The minimum atomic E-state index is -3.52. The topological polar surface area (TPSA) is 66.5 Å². The zero-order valence-corrected chi connectivity index (χ0v) is 17.3. The molecule has 0 radical (unpaired) electrons. The summed E-state index contributed by atoms with van der Waals surface area (Å²) in [5.41, 5.74) is 2.31. The Labute approximate surface area is 160 Å². The van der Waals surface area contributed by atoms with Crippen molar-refractivity contribution in [3.8, 4) is 0 Å². The van der Waals surface area contributed by atoms with E-state index in [0.717, 1.165) is 10.4 Å². The Morgan fingerprint density at radius 3 is 2.46 bits per heavy atom. The van der Waals surface area contributed by atoms with E-state index in [1.54, 1.807) is 13.1 Å². The highest BCUT2D eigenvalue weighted by Gasteiger charge is 2.27. The van der Waals surface area contributed by atoms with Gasteiger partial charge in [0.15, 0.2) is 0 Å². The molecule has 2 rings (SSSR count). The van der Waals surface area contributed by atoms with Crippen molar-refractivity contribution in [2.24, 2.45) is 0 Å². The monoisotopic (exact) mass is 394 g/mol. The molecule has 0 spiro atoms. The SMILES string of the molecule is CC(=O)NCCc1ccc(S(=O)(=O)N(C)C(C)Cc2ccc(C)cc2)s1. The quantitative estimate of drug-likeness (QED) is 0.748. The average molecular weight is 395 g/mol. The largest absolute Gasteiger partial charge is 0.356 e. The highest BCUT2D eigenvalue weighted by Crippen LogP contribution is 2.26. The standard InChI is InChI=1S/C19H26N2O3S2/c1-14-5-7-17(8-6-14)13-15(2)21(4)26(23,24)19-10-9-18(25-19)11-12-20-16(3)22/h5-10,15H,11-13H2,1-4H3,(H,20,22). The molecule has 0 aliphatic heterocycles. The fourth-order valence-corrected chi connectivity index (χ4v) is 5.47. The Bertz CT molecular complexity index is 842. The minimum Gasteiger partial charge on any atom is -0.356 e. The fraction of sp³-hybridized carbons (Fsp3) is 0.421. The van der Waals surface area contributed by atoms with Crippen molar-refractivity contribution in [3.05, 3.63) is 52.4 Å². The molecule has 142 valence electrons. The molecule has 1 N–H and O–H groups in total. The first-order chi connectivity index (χ1) is 12.2. The van der Waals surface area contributed by atoms with E-state index in [0.29, 0.717) is 23.6 Å². The first kappa shape index (κ1) is 20.6. The molecule has 1 aromatic carbocycles. The van der Waals surface area contributed by atoms with E-state index in [9.17, 15) is 13.2 Å². The Morgan fingerprint density at radius 2 is 1.85 bits per heavy atom. The van der Waals surface area contributed by atoms with Gasteiger partial charge in [-0.25, -0.2) is 8.42 Å². The molecule has 1 unspecified atom stereocenters. The Balaban J connectivity index is 2.04. The molecule has 2 aromatic rings. The van der Waals surface area contributed by atoms with Gasteiger partial charge in [0.1, 0.15) is 4.21 Å². The van der Waals surface area contributed by atoms with E-state index in [1.165, 1.54) is 28.1 Å². The maximum atomic E-state index is 12.9. The molecular weight excluding hydrogens is 368 g/mol. The lowest BCUT2D eigenvalue weighted by Gasteiger charge is -2.23. The maximum Gasteiger partial charge on any atom is 0.252 e. The van der Waals surface area contributed by atoms with Crippen LogP contribution in [-0.2, 0) is 27.7 Å². The number of hydrogen-bond acceptors (Lipinski definition) is 4. The van der Waals surface area contributed by atoms with Crippen LogP contribution in [0.25, 0.3) is 0 Å². The molecule has 7 heteroatoms. The highest BCUT2D eigenvalue weighted by molar-refractivity contribution is 7.91. The Hall–Kier alpha value is -1.70. The second-order valence-corrected chi connectivity index (χ2v) is 9.91. The third-order valence-electron chi connectivity index (χ3n) is 4.29. The van der Waals surface area contributed by atoms with Gasteiger partial charge in [0.25, 0.3) is 10.0 Å². The molecule has 0 fully saturated rings. The van der Waals surface area contributed by atoms with Crippen LogP contribution >= 0.6 is 11.3 Å². The van der Waals surface area contributed by atoms with Crippen LogP contribution in [0.15, 0.2) is 40.6 Å². The number of amides is 1. The fourth-order valence-electron chi connectivity index (χ4n) is 2.57. The van der Waals surface area contributed by atoms with Gasteiger partial charge in [0.05, 0.1) is 0 Å². The summed E-state index contributed by atoms with van der Waals surface area (Å²) in [6.07, 6.45) is 1.29. The molecule has 0 bridgehead atoms. The van der Waals surface area contributed by atoms with Crippen LogP contribution < -0.4 is 5.32 Å². The summed E-state index contributed by atoms with van der Waals surface area (Å²) < 4.78 is 27.5. The van der Waals surface area contributed by atoms with Crippen molar-refractivity contribution in [1.82, 2.24) is 9.62 Å². The molecular formula is C19H26N2O3S2. The van der Waals surface area contributed by atoms with Gasteiger partial charge >= 0.3 is 0 Å². The van der Waals surface area contributed by atoms with Crippen LogP contribution in [0.5, 0.6) is 0 Å². The molecule has 1 heterocycles. The molecule has 0 aliphatic rings.